The summed E-state index contributed by atoms with van der Waals surface area (Å²) in [4.78, 5) is 13.0. The molecule has 0 saturated heterocycles. The molecule has 9 heteroatoms. The molecule has 0 spiro atoms. The lowest BCUT2D eigenvalue weighted by atomic mass is 9.99. The standard InChI is InChI=1S/C18H11ClFN3O3S/c19-9-4-6-10(7-5-9)27(25,26)23-16-12-8-21-22-15(12)18(24)17(23)11-2-1-3-13(20)14(11)16/h1-8,16-17H,(H,21,22). The van der Waals surface area contributed by atoms with Gasteiger partial charge in [0.05, 0.1) is 17.1 Å². The number of Topliss-reactive ketones (excluding diaryl/α,β-unsaturated/α-hetero) is 1. The minimum Gasteiger partial charge on any atom is -0.290 e. The van der Waals surface area contributed by atoms with E-state index in [-0.39, 0.29) is 16.2 Å². The summed E-state index contributed by atoms with van der Waals surface area (Å²) in [5.74, 6) is -1.02. The fraction of sp³-hybridized carbons (Fsp3) is 0.111. The highest BCUT2D eigenvalue weighted by Crippen LogP contribution is 2.54. The second-order valence-corrected chi connectivity index (χ2v) is 8.68. The SMILES string of the molecule is O=C1c2[nH]ncc2C2c3c(F)cccc3C1N2S(=O)(=O)c1ccc(Cl)cc1. The van der Waals surface area contributed by atoms with Crippen LogP contribution in [0.2, 0.25) is 5.02 Å². The molecule has 0 radical (unpaired) electrons. The topological polar surface area (TPSA) is 83.1 Å². The molecule has 5 rings (SSSR count). The Bertz CT molecular complexity index is 1210. The number of hydrogen-bond acceptors (Lipinski definition) is 4. The van der Waals surface area contributed by atoms with Crippen LogP contribution in [-0.4, -0.2) is 28.7 Å². The summed E-state index contributed by atoms with van der Waals surface area (Å²) < 4.78 is 42.6. The number of sulfonamides is 1. The van der Waals surface area contributed by atoms with Crippen molar-refractivity contribution in [1.29, 1.82) is 0 Å². The molecule has 0 aliphatic carbocycles. The number of aromatic amines is 1. The maximum absolute atomic E-state index is 14.7. The number of H-pyrrole nitrogens is 1. The monoisotopic (exact) mass is 403 g/mol. The Labute approximate surface area is 158 Å². The third-order valence-corrected chi connectivity index (χ3v) is 7.11. The number of benzene rings is 2. The van der Waals surface area contributed by atoms with Crippen LogP contribution < -0.4 is 0 Å². The van der Waals surface area contributed by atoms with Crippen LogP contribution >= 0.6 is 11.6 Å². The lowest BCUT2D eigenvalue weighted by Gasteiger charge is -2.32. The Balaban J connectivity index is 1.79. The molecule has 6 nitrogen and oxygen atoms in total. The van der Waals surface area contributed by atoms with Gasteiger partial charge >= 0.3 is 0 Å². The summed E-state index contributed by atoms with van der Waals surface area (Å²) in [5, 5.41) is 6.88. The molecule has 27 heavy (non-hydrogen) atoms. The molecule has 1 aromatic heterocycles. The molecule has 0 amide bonds. The van der Waals surface area contributed by atoms with E-state index in [4.69, 9.17) is 11.6 Å². The molecule has 2 aromatic carbocycles. The first-order chi connectivity index (χ1) is 12.9. The molecule has 2 bridgehead atoms. The summed E-state index contributed by atoms with van der Waals surface area (Å²) >= 11 is 5.86. The van der Waals surface area contributed by atoms with Crippen molar-refractivity contribution < 1.29 is 17.6 Å². The van der Waals surface area contributed by atoms with Crippen molar-refractivity contribution in [3.63, 3.8) is 0 Å². The highest BCUT2D eigenvalue weighted by molar-refractivity contribution is 7.89. The maximum atomic E-state index is 14.7. The highest BCUT2D eigenvalue weighted by atomic mass is 35.5. The van der Waals surface area contributed by atoms with Crippen molar-refractivity contribution in [3.05, 3.63) is 81.9 Å². The number of carbonyl (C=O) groups is 1. The van der Waals surface area contributed by atoms with E-state index in [1.807, 2.05) is 0 Å². The van der Waals surface area contributed by atoms with Gasteiger partial charge in [-0.05, 0) is 35.9 Å². The van der Waals surface area contributed by atoms with Gasteiger partial charge in [0.15, 0.2) is 0 Å². The maximum Gasteiger partial charge on any atom is 0.244 e. The van der Waals surface area contributed by atoms with Gasteiger partial charge in [-0.1, -0.05) is 23.7 Å². The summed E-state index contributed by atoms with van der Waals surface area (Å²) in [7, 11) is -4.11. The van der Waals surface area contributed by atoms with Gasteiger partial charge < -0.3 is 0 Å². The normalized spacial score (nSPS) is 21.2. The van der Waals surface area contributed by atoms with Gasteiger partial charge in [-0.2, -0.15) is 9.40 Å². The van der Waals surface area contributed by atoms with Gasteiger partial charge in [0.2, 0.25) is 15.8 Å². The lowest BCUT2D eigenvalue weighted by molar-refractivity contribution is 0.0868. The van der Waals surface area contributed by atoms with Crippen molar-refractivity contribution in [2.75, 3.05) is 0 Å². The van der Waals surface area contributed by atoms with Crippen LogP contribution in [0, 0.1) is 5.82 Å². The van der Waals surface area contributed by atoms with Crippen molar-refractivity contribution >= 4 is 27.4 Å². The molecular weight excluding hydrogens is 393 g/mol. The lowest BCUT2D eigenvalue weighted by Crippen LogP contribution is -2.41. The molecule has 2 aliphatic heterocycles. The predicted molar refractivity (Wildman–Crippen MR) is 94.4 cm³/mol. The molecule has 0 fully saturated rings. The van der Waals surface area contributed by atoms with Crippen molar-refractivity contribution in [1.82, 2.24) is 14.5 Å². The number of carbonyl (C=O) groups excluding carboxylic acids is 1. The average molecular weight is 404 g/mol. The smallest absolute Gasteiger partial charge is 0.244 e. The van der Waals surface area contributed by atoms with E-state index >= 15 is 0 Å². The zero-order chi connectivity index (χ0) is 18.9. The second kappa shape index (κ2) is 5.48. The van der Waals surface area contributed by atoms with Crippen LogP contribution in [0.15, 0.2) is 53.6 Å². The minimum atomic E-state index is -4.11. The number of halogens is 2. The number of nitrogens with one attached hydrogen (secondary N) is 1. The van der Waals surface area contributed by atoms with E-state index in [0.717, 1.165) is 4.31 Å². The molecule has 0 saturated carbocycles. The number of fused-ring (bicyclic) bond motifs is 7. The van der Waals surface area contributed by atoms with Crippen molar-refractivity contribution in [2.24, 2.45) is 0 Å². The first-order valence-corrected chi connectivity index (χ1v) is 9.88. The molecule has 3 heterocycles. The van der Waals surface area contributed by atoms with Gasteiger partial charge in [0.1, 0.15) is 17.6 Å². The highest BCUT2D eigenvalue weighted by Gasteiger charge is 2.55. The molecule has 2 atom stereocenters. The predicted octanol–water partition coefficient (Wildman–Crippen LogP) is 3.23. The zero-order valence-electron chi connectivity index (χ0n) is 13.6. The van der Waals surface area contributed by atoms with Crippen LogP contribution in [0.3, 0.4) is 0 Å². The number of hydrogen-bond donors (Lipinski definition) is 1. The number of nitrogens with zero attached hydrogens (tertiary/aromatic N) is 2. The van der Waals surface area contributed by atoms with Gasteiger partial charge in [0.25, 0.3) is 0 Å². The third kappa shape index (κ3) is 2.11. The fourth-order valence-electron chi connectivity index (χ4n) is 3.89. The molecule has 2 aliphatic rings. The van der Waals surface area contributed by atoms with Gasteiger partial charge in [0, 0.05) is 16.1 Å². The molecule has 1 N–H and O–H groups in total. The Kier molecular flexibility index (Phi) is 3.37. The Morgan fingerprint density at radius 2 is 1.81 bits per heavy atom. The molecule has 2 unspecified atom stereocenters. The van der Waals surface area contributed by atoms with Gasteiger partial charge in [-0.3, -0.25) is 9.89 Å². The van der Waals surface area contributed by atoms with Gasteiger partial charge in [-0.15, -0.1) is 0 Å². The van der Waals surface area contributed by atoms with E-state index in [0.29, 0.717) is 16.1 Å². The van der Waals surface area contributed by atoms with Crippen molar-refractivity contribution in [3.8, 4) is 0 Å². The fourth-order valence-corrected chi connectivity index (χ4v) is 5.72. The summed E-state index contributed by atoms with van der Waals surface area (Å²) in [6.45, 7) is 0. The Morgan fingerprint density at radius 1 is 1.07 bits per heavy atom. The summed E-state index contributed by atoms with van der Waals surface area (Å²) in [6.07, 6.45) is 1.38. The first kappa shape index (κ1) is 16.6. The summed E-state index contributed by atoms with van der Waals surface area (Å²) in [6, 6.07) is 7.87. The van der Waals surface area contributed by atoms with Crippen LogP contribution in [0.5, 0.6) is 0 Å². The molecule has 3 aromatic rings. The zero-order valence-corrected chi connectivity index (χ0v) is 15.1. The number of ketones is 1. The second-order valence-electron chi connectivity index (χ2n) is 6.40. The van der Waals surface area contributed by atoms with Crippen LogP contribution in [-0.2, 0) is 10.0 Å². The minimum absolute atomic E-state index is 0.0186. The number of rotatable bonds is 2. The Morgan fingerprint density at radius 3 is 2.56 bits per heavy atom. The van der Waals surface area contributed by atoms with Gasteiger partial charge in [-0.25, -0.2) is 12.8 Å². The van der Waals surface area contributed by atoms with E-state index in [9.17, 15) is 17.6 Å². The van der Waals surface area contributed by atoms with E-state index < -0.39 is 33.7 Å². The first-order valence-electron chi connectivity index (χ1n) is 8.06. The largest absolute Gasteiger partial charge is 0.290 e. The van der Waals surface area contributed by atoms with Crippen molar-refractivity contribution in [2.45, 2.75) is 17.0 Å². The van der Waals surface area contributed by atoms with E-state index in [1.54, 1.807) is 6.07 Å². The third-order valence-electron chi connectivity index (χ3n) is 5.01. The van der Waals surface area contributed by atoms with Crippen LogP contribution in [0.25, 0.3) is 0 Å². The van der Waals surface area contributed by atoms with E-state index in [1.165, 1.54) is 42.6 Å². The Hall–Kier alpha value is -2.55. The summed E-state index contributed by atoms with van der Waals surface area (Å²) in [5.41, 5.74) is 1.10. The quantitative estimate of drug-likeness (QED) is 0.712. The van der Waals surface area contributed by atoms with Crippen LogP contribution in [0.1, 0.15) is 39.3 Å². The van der Waals surface area contributed by atoms with E-state index in [2.05, 4.69) is 10.2 Å². The molecule has 136 valence electrons. The van der Waals surface area contributed by atoms with Crippen LogP contribution in [0.4, 0.5) is 4.39 Å². The number of aromatic nitrogens is 2. The molecular formula is C18H11ClFN3O3S. The average Bonchev–Trinajstić information content (AvgIpc) is 3.23.